The molecule has 3 aromatic rings. The molecule has 7 nitrogen and oxygen atoms in total. The number of benzene rings is 1. The minimum Gasteiger partial charge on any atom is -0.459 e. The molecule has 1 saturated heterocycles. The van der Waals surface area contributed by atoms with Crippen LogP contribution in [0.1, 0.15) is 16.2 Å². The van der Waals surface area contributed by atoms with Crippen LogP contribution in [-0.4, -0.2) is 52.1 Å². The number of hydrogen-bond donors (Lipinski definition) is 0. The second-order valence-electron chi connectivity index (χ2n) is 6.05. The predicted octanol–water partition coefficient (Wildman–Crippen LogP) is 2.43. The minimum atomic E-state index is -0.347. The Bertz CT molecular complexity index is 868. The van der Waals surface area contributed by atoms with Gasteiger partial charge in [0.1, 0.15) is 5.82 Å². The topological polar surface area (TPSA) is 75.6 Å². The second-order valence-corrected chi connectivity index (χ2v) is 6.05. The van der Waals surface area contributed by atoms with Crippen LogP contribution in [0.25, 0.3) is 11.7 Å². The molecule has 0 unspecified atom stereocenters. The lowest BCUT2D eigenvalue weighted by atomic mass is 10.2. The Balaban J connectivity index is 1.32. The summed E-state index contributed by atoms with van der Waals surface area (Å²) in [7, 11) is 0. The van der Waals surface area contributed by atoms with E-state index in [4.69, 9.17) is 8.83 Å². The van der Waals surface area contributed by atoms with E-state index in [1.807, 2.05) is 0 Å². The van der Waals surface area contributed by atoms with E-state index < -0.39 is 0 Å². The fraction of sp³-hybridized carbons (Fsp3) is 0.278. The maximum absolute atomic E-state index is 13.0. The number of nitrogens with zero attached hydrogens (tertiary/aromatic N) is 4. The zero-order chi connectivity index (χ0) is 17.9. The van der Waals surface area contributed by atoms with E-state index in [1.54, 1.807) is 23.3 Å². The molecule has 4 rings (SSSR count). The van der Waals surface area contributed by atoms with E-state index in [0.717, 1.165) is 0 Å². The molecule has 0 atom stereocenters. The molecule has 0 saturated carbocycles. The Morgan fingerprint density at radius 2 is 1.85 bits per heavy atom. The van der Waals surface area contributed by atoms with Crippen LogP contribution in [0.3, 0.4) is 0 Å². The van der Waals surface area contributed by atoms with Gasteiger partial charge >= 0.3 is 0 Å². The average molecular weight is 356 g/mol. The number of carbonyl (C=O) groups is 1. The monoisotopic (exact) mass is 356 g/mol. The highest BCUT2D eigenvalue weighted by molar-refractivity contribution is 5.94. The first-order chi connectivity index (χ1) is 12.7. The molecule has 2 aromatic heterocycles. The van der Waals surface area contributed by atoms with Gasteiger partial charge in [-0.25, -0.2) is 4.39 Å². The smallest absolute Gasteiger partial charge is 0.283 e. The summed E-state index contributed by atoms with van der Waals surface area (Å²) in [6.07, 6.45) is 1.55. The summed E-state index contributed by atoms with van der Waals surface area (Å²) in [5.41, 5.74) is 0.500. The number of aromatic nitrogens is 2. The van der Waals surface area contributed by atoms with Crippen LogP contribution in [-0.2, 0) is 6.54 Å². The number of piperazine rings is 1. The van der Waals surface area contributed by atoms with E-state index >= 15 is 0 Å². The number of amides is 1. The van der Waals surface area contributed by atoms with Crippen molar-refractivity contribution in [1.82, 2.24) is 20.0 Å². The fourth-order valence-corrected chi connectivity index (χ4v) is 2.89. The van der Waals surface area contributed by atoms with Crippen LogP contribution in [0, 0.1) is 5.82 Å². The summed E-state index contributed by atoms with van der Waals surface area (Å²) in [5.74, 6) is 0.977. The van der Waals surface area contributed by atoms with Gasteiger partial charge in [-0.05, 0) is 36.4 Å². The molecule has 0 bridgehead atoms. The highest BCUT2D eigenvalue weighted by Gasteiger charge is 2.23. The zero-order valence-corrected chi connectivity index (χ0v) is 14.0. The minimum absolute atomic E-state index is 0.0810. The van der Waals surface area contributed by atoms with Crippen LogP contribution in [0.2, 0.25) is 0 Å². The molecule has 134 valence electrons. The van der Waals surface area contributed by atoms with Crippen LogP contribution >= 0.6 is 0 Å². The van der Waals surface area contributed by atoms with Crippen molar-refractivity contribution in [2.24, 2.45) is 0 Å². The van der Waals surface area contributed by atoms with Crippen LogP contribution < -0.4 is 0 Å². The number of furan rings is 1. The van der Waals surface area contributed by atoms with E-state index in [2.05, 4.69) is 15.1 Å². The lowest BCUT2D eigenvalue weighted by molar-refractivity contribution is 0.0618. The molecule has 1 aliphatic heterocycles. The molecule has 1 fully saturated rings. The third kappa shape index (κ3) is 3.50. The molecule has 3 heterocycles. The summed E-state index contributed by atoms with van der Waals surface area (Å²) in [6.45, 7) is 3.11. The van der Waals surface area contributed by atoms with Crippen molar-refractivity contribution < 1.29 is 18.0 Å². The Morgan fingerprint density at radius 1 is 1.08 bits per heavy atom. The molecule has 0 aliphatic carbocycles. The van der Waals surface area contributed by atoms with Gasteiger partial charge in [0.15, 0.2) is 5.76 Å². The molecule has 1 aromatic carbocycles. The molecule has 26 heavy (non-hydrogen) atoms. The van der Waals surface area contributed by atoms with Crippen molar-refractivity contribution in [1.29, 1.82) is 0 Å². The average Bonchev–Trinajstić information content (AvgIpc) is 3.34. The fourth-order valence-electron chi connectivity index (χ4n) is 2.89. The van der Waals surface area contributed by atoms with Gasteiger partial charge < -0.3 is 13.7 Å². The zero-order valence-electron chi connectivity index (χ0n) is 14.0. The molecular weight excluding hydrogens is 339 g/mol. The number of carbonyl (C=O) groups excluding carboxylic acids is 1. The molecule has 8 heteroatoms. The SMILES string of the molecule is O=C(c1ccc(F)cc1)N1CCN(Cc2nnc(-c3ccco3)o2)CC1. The number of rotatable bonds is 4. The third-order valence-electron chi connectivity index (χ3n) is 4.31. The van der Waals surface area contributed by atoms with Crippen molar-refractivity contribution in [3.05, 3.63) is 59.9 Å². The Hall–Kier alpha value is -3.00. The number of halogens is 1. The number of hydrogen-bond acceptors (Lipinski definition) is 6. The predicted molar refractivity (Wildman–Crippen MR) is 89.6 cm³/mol. The molecule has 1 aliphatic rings. The van der Waals surface area contributed by atoms with Gasteiger partial charge in [0.05, 0.1) is 12.8 Å². The molecule has 0 N–H and O–H groups in total. The molecular formula is C18H17FN4O3. The first-order valence-corrected chi connectivity index (χ1v) is 8.32. The summed E-state index contributed by atoms with van der Waals surface area (Å²) >= 11 is 0. The summed E-state index contributed by atoms with van der Waals surface area (Å²) < 4.78 is 23.8. The lowest BCUT2D eigenvalue weighted by Gasteiger charge is -2.34. The highest BCUT2D eigenvalue weighted by atomic mass is 19.1. The first-order valence-electron chi connectivity index (χ1n) is 8.32. The van der Waals surface area contributed by atoms with Crippen LogP contribution in [0.15, 0.2) is 51.5 Å². The van der Waals surface area contributed by atoms with Gasteiger partial charge in [0.25, 0.3) is 11.8 Å². The molecule has 0 spiro atoms. The Morgan fingerprint density at radius 3 is 2.54 bits per heavy atom. The third-order valence-corrected chi connectivity index (χ3v) is 4.31. The molecule has 1 amide bonds. The standard InChI is InChI=1S/C18H17FN4O3/c19-14-5-3-13(4-6-14)18(24)23-9-7-22(8-10-23)12-16-20-21-17(26-16)15-2-1-11-25-15/h1-6,11H,7-10,12H2. The van der Waals surface area contributed by atoms with E-state index in [0.29, 0.717) is 55.8 Å². The van der Waals surface area contributed by atoms with Gasteiger partial charge in [0, 0.05) is 31.7 Å². The van der Waals surface area contributed by atoms with Gasteiger partial charge in [-0.15, -0.1) is 10.2 Å². The highest BCUT2D eigenvalue weighted by Crippen LogP contribution is 2.19. The maximum Gasteiger partial charge on any atom is 0.283 e. The summed E-state index contributed by atoms with van der Waals surface area (Å²) in [4.78, 5) is 16.4. The summed E-state index contributed by atoms with van der Waals surface area (Å²) in [5, 5.41) is 8.02. The largest absolute Gasteiger partial charge is 0.459 e. The van der Waals surface area contributed by atoms with E-state index in [9.17, 15) is 9.18 Å². The maximum atomic E-state index is 13.0. The van der Waals surface area contributed by atoms with E-state index in [-0.39, 0.29) is 11.7 Å². The van der Waals surface area contributed by atoms with Gasteiger partial charge in [-0.1, -0.05) is 0 Å². The van der Waals surface area contributed by atoms with Gasteiger partial charge in [0.2, 0.25) is 5.89 Å². The van der Waals surface area contributed by atoms with Crippen molar-refractivity contribution in [3.8, 4) is 11.7 Å². The molecule has 0 radical (unpaired) electrons. The Kier molecular flexibility index (Phi) is 4.49. The van der Waals surface area contributed by atoms with Crippen molar-refractivity contribution in [2.75, 3.05) is 26.2 Å². The van der Waals surface area contributed by atoms with Crippen molar-refractivity contribution in [3.63, 3.8) is 0 Å². The van der Waals surface area contributed by atoms with Crippen molar-refractivity contribution >= 4 is 5.91 Å². The van der Waals surface area contributed by atoms with Gasteiger partial charge in [-0.2, -0.15) is 0 Å². The Labute approximate surface area is 149 Å². The second kappa shape index (κ2) is 7.09. The van der Waals surface area contributed by atoms with E-state index in [1.165, 1.54) is 24.3 Å². The quantitative estimate of drug-likeness (QED) is 0.715. The summed E-state index contributed by atoms with van der Waals surface area (Å²) in [6, 6.07) is 9.15. The van der Waals surface area contributed by atoms with Gasteiger partial charge in [-0.3, -0.25) is 9.69 Å². The lowest BCUT2D eigenvalue weighted by Crippen LogP contribution is -2.48. The van der Waals surface area contributed by atoms with Crippen LogP contribution in [0.5, 0.6) is 0 Å². The first kappa shape index (κ1) is 16.5. The normalized spacial score (nSPS) is 15.3. The van der Waals surface area contributed by atoms with Crippen LogP contribution in [0.4, 0.5) is 4.39 Å². The van der Waals surface area contributed by atoms with Crippen molar-refractivity contribution in [2.45, 2.75) is 6.54 Å².